The van der Waals surface area contributed by atoms with Crippen molar-refractivity contribution in [3.63, 3.8) is 0 Å². The first-order valence-corrected chi connectivity index (χ1v) is 6.01. The minimum atomic E-state index is 0.146. The van der Waals surface area contributed by atoms with Crippen molar-refractivity contribution in [3.8, 4) is 0 Å². The van der Waals surface area contributed by atoms with Gasteiger partial charge in [-0.25, -0.2) is 0 Å². The smallest absolute Gasteiger partial charge is 0.122 e. The van der Waals surface area contributed by atoms with Crippen molar-refractivity contribution in [1.82, 2.24) is 4.57 Å². The van der Waals surface area contributed by atoms with Gasteiger partial charge in [-0.2, -0.15) is 0 Å². The van der Waals surface area contributed by atoms with Gasteiger partial charge >= 0.3 is 0 Å². The molecule has 4 heteroatoms. The topological polar surface area (TPSA) is 40.2 Å². The second kappa shape index (κ2) is 5.08. The van der Waals surface area contributed by atoms with Crippen LogP contribution in [-0.2, 0) is 17.9 Å². The van der Waals surface area contributed by atoms with Crippen LogP contribution in [0, 0.1) is 0 Å². The molecule has 1 unspecified atom stereocenters. The van der Waals surface area contributed by atoms with E-state index in [1.54, 1.807) is 7.11 Å². The highest BCUT2D eigenvalue weighted by Gasteiger charge is 2.10. The zero-order valence-corrected chi connectivity index (χ0v) is 10.9. The molecule has 0 amide bonds. The van der Waals surface area contributed by atoms with Crippen LogP contribution in [0.4, 0.5) is 0 Å². The number of hydrogen-bond donors (Lipinski definition) is 1. The molecule has 3 nitrogen and oxygen atoms in total. The van der Waals surface area contributed by atoms with Crippen LogP contribution in [-0.4, -0.2) is 17.7 Å². The van der Waals surface area contributed by atoms with E-state index in [9.17, 15) is 0 Å². The quantitative estimate of drug-likeness (QED) is 0.909. The Bertz CT molecular complexity index is 519. The van der Waals surface area contributed by atoms with Crippen LogP contribution < -0.4 is 5.73 Å². The average molecular weight is 253 g/mol. The van der Waals surface area contributed by atoms with E-state index >= 15 is 0 Å². The monoisotopic (exact) mass is 252 g/mol. The summed E-state index contributed by atoms with van der Waals surface area (Å²) in [5.74, 6) is 0. The number of benzene rings is 1. The number of nitrogens with zero attached hydrogens (tertiary/aromatic N) is 1. The first kappa shape index (κ1) is 12.4. The van der Waals surface area contributed by atoms with Crippen molar-refractivity contribution in [2.24, 2.45) is 5.73 Å². The number of ether oxygens (including phenoxy) is 1. The highest BCUT2D eigenvalue weighted by atomic mass is 35.5. The van der Waals surface area contributed by atoms with Crippen LogP contribution in [0.15, 0.2) is 24.4 Å². The summed E-state index contributed by atoms with van der Waals surface area (Å²) in [6.07, 6.45) is 2.95. The summed E-state index contributed by atoms with van der Waals surface area (Å²) in [7, 11) is 1.68. The predicted octanol–water partition coefficient (Wildman–Crippen LogP) is 2.79. The van der Waals surface area contributed by atoms with Gasteiger partial charge in [-0.1, -0.05) is 17.7 Å². The van der Waals surface area contributed by atoms with Crippen molar-refractivity contribution in [3.05, 3.63) is 35.0 Å². The molecule has 0 fully saturated rings. The highest BCUT2D eigenvalue weighted by molar-refractivity contribution is 6.31. The lowest BCUT2D eigenvalue weighted by atomic mass is 10.1. The van der Waals surface area contributed by atoms with Gasteiger partial charge < -0.3 is 15.0 Å². The molecule has 17 heavy (non-hydrogen) atoms. The molecular weight excluding hydrogens is 236 g/mol. The molecule has 92 valence electrons. The molecule has 1 aromatic heterocycles. The minimum Gasteiger partial charge on any atom is -0.364 e. The van der Waals surface area contributed by atoms with Crippen LogP contribution in [0.2, 0.25) is 5.02 Å². The van der Waals surface area contributed by atoms with Crippen molar-refractivity contribution < 1.29 is 4.74 Å². The van der Waals surface area contributed by atoms with Crippen LogP contribution >= 0.6 is 11.6 Å². The van der Waals surface area contributed by atoms with E-state index in [0.717, 1.165) is 17.0 Å². The summed E-state index contributed by atoms with van der Waals surface area (Å²) in [5, 5.41) is 1.93. The Morgan fingerprint density at radius 3 is 2.88 bits per heavy atom. The predicted molar refractivity (Wildman–Crippen MR) is 71.3 cm³/mol. The molecule has 1 heterocycles. The maximum Gasteiger partial charge on any atom is 0.122 e. The summed E-state index contributed by atoms with van der Waals surface area (Å²) in [4.78, 5) is 0. The van der Waals surface area contributed by atoms with Gasteiger partial charge in [0.15, 0.2) is 0 Å². The molecule has 2 rings (SSSR count). The summed E-state index contributed by atoms with van der Waals surface area (Å²) in [5.41, 5.74) is 8.19. The molecule has 0 aliphatic heterocycles. The van der Waals surface area contributed by atoms with Gasteiger partial charge in [0.25, 0.3) is 0 Å². The fourth-order valence-electron chi connectivity index (χ4n) is 2.10. The van der Waals surface area contributed by atoms with Crippen LogP contribution in [0.1, 0.15) is 12.5 Å². The van der Waals surface area contributed by atoms with E-state index in [1.165, 1.54) is 10.9 Å². The maximum atomic E-state index is 6.03. The van der Waals surface area contributed by atoms with Gasteiger partial charge in [-0.15, -0.1) is 0 Å². The molecule has 0 saturated carbocycles. The van der Waals surface area contributed by atoms with Gasteiger partial charge in [-0.05, 0) is 31.0 Å². The van der Waals surface area contributed by atoms with Crippen LogP contribution in [0.3, 0.4) is 0 Å². The van der Waals surface area contributed by atoms with E-state index in [2.05, 4.69) is 10.8 Å². The zero-order chi connectivity index (χ0) is 12.4. The minimum absolute atomic E-state index is 0.146. The lowest BCUT2D eigenvalue weighted by Crippen LogP contribution is -2.17. The van der Waals surface area contributed by atoms with E-state index < -0.39 is 0 Å². The lowest BCUT2D eigenvalue weighted by Gasteiger charge is -2.02. The van der Waals surface area contributed by atoms with E-state index in [1.807, 2.05) is 25.1 Å². The number of nitrogens with two attached hydrogens (primary N) is 1. The molecule has 0 radical (unpaired) electrons. The Morgan fingerprint density at radius 1 is 1.47 bits per heavy atom. The number of fused-ring (bicyclic) bond motifs is 1. The molecule has 0 bridgehead atoms. The van der Waals surface area contributed by atoms with Crippen LogP contribution in [0.25, 0.3) is 10.9 Å². The molecule has 1 atom stereocenters. The van der Waals surface area contributed by atoms with E-state index in [0.29, 0.717) is 6.73 Å². The summed E-state index contributed by atoms with van der Waals surface area (Å²) >= 11 is 6.03. The molecule has 0 aliphatic rings. The van der Waals surface area contributed by atoms with Gasteiger partial charge in [0.2, 0.25) is 0 Å². The Labute approximate surface area is 106 Å². The molecular formula is C13H17ClN2O. The number of hydrogen-bond acceptors (Lipinski definition) is 2. The van der Waals surface area contributed by atoms with Crippen molar-refractivity contribution in [1.29, 1.82) is 0 Å². The fourth-order valence-corrected chi connectivity index (χ4v) is 2.26. The lowest BCUT2D eigenvalue weighted by molar-refractivity contribution is 0.134. The number of halogens is 1. The van der Waals surface area contributed by atoms with Crippen molar-refractivity contribution in [2.45, 2.75) is 26.1 Å². The van der Waals surface area contributed by atoms with Crippen LogP contribution in [0.5, 0.6) is 0 Å². The standard InChI is InChI=1S/C13H17ClN2O/c1-9(15)5-10-7-16(8-17-2)13-6-11(14)3-4-12(10)13/h3-4,6-7,9H,5,8,15H2,1-2H3. The Kier molecular flexibility index (Phi) is 3.72. The number of aromatic nitrogens is 1. The number of rotatable bonds is 4. The third-order valence-electron chi connectivity index (χ3n) is 2.74. The zero-order valence-electron chi connectivity index (χ0n) is 10.1. The number of methoxy groups -OCH3 is 1. The van der Waals surface area contributed by atoms with Gasteiger partial charge in [0.1, 0.15) is 6.73 Å². The SMILES string of the molecule is COCn1cc(CC(C)N)c2ccc(Cl)cc21. The highest BCUT2D eigenvalue weighted by Crippen LogP contribution is 2.25. The Hall–Kier alpha value is -1.03. The average Bonchev–Trinajstić information content (AvgIpc) is 2.56. The van der Waals surface area contributed by atoms with Gasteiger partial charge in [0.05, 0.1) is 5.52 Å². The van der Waals surface area contributed by atoms with Gasteiger partial charge in [0, 0.05) is 29.8 Å². The summed E-state index contributed by atoms with van der Waals surface area (Å²) in [6.45, 7) is 2.53. The Morgan fingerprint density at radius 2 is 2.24 bits per heavy atom. The molecule has 2 N–H and O–H groups in total. The largest absolute Gasteiger partial charge is 0.364 e. The van der Waals surface area contributed by atoms with Crippen molar-refractivity contribution >= 4 is 22.5 Å². The molecule has 0 spiro atoms. The molecule has 2 aromatic rings. The molecule has 1 aromatic carbocycles. The third kappa shape index (κ3) is 2.63. The maximum absolute atomic E-state index is 6.03. The van der Waals surface area contributed by atoms with Gasteiger partial charge in [-0.3, -0.25) is 0 Å². The second-order valence-electron chi connectivity index (χ2n) is 4.38. The van der Waals surface area contributed by atoms with Crippen molar-refractivity contribution in [2.75, 3.05) is 7.11 Å². The normalized spacial score (nSPS) is 13.2. The summed E-state index contributed by atoms with van der Waals surface area (Å²) in [6, 6.07) is 6.06. The first-order valence-electron chi connectivity index (χ1n) is 5.63. The van der Waals surface area contributed by atoms with E-state index in [-0.39, 0.29) is 6.04 Å². The second-order valence-corrected chi connectivity index (χ2v) is 4.82. The first-order chi connectivity index (χ1) is 8.11. The Balaban J connectivity index is 2.53. The molecule has 0 aliphatic carbocycles. The third-order valence-corrected chi connectivity index (χ3v) is 2.97. The molecule has 0 saturated heterocycles. The fraction of sp³-hybridized carbons (Fsp3) is 0.385. The summed E-state index contributed by atoms with van der Waals surface area (Å²) < 4.78 is 7.24. The van der Waals surface area contributed by atoms with E-state index in [4.69, 9.17) is 22.1 Å².